The van der Waals surface area contributed by atoms with Crippen molar-refractivity contribution in [1.29, 1.82) is 5.41 Å². The lowest BCUT2D eigenvalue weighted by atomic mass is 9.81. The van der Waals surface area contributed by atoms with Gasteiger partial charge >= 0.3 is 12.1 Å². The molecular weight excluding hydrogens is 476 g/mol. The van der Waals surface area contributed by atoms with E-state index in [1.54, 1.807) is 24.0 Å². The van der Waals surface area contributed by atoms with Crippen LogP contribution in [-0.4, -0.2) is 63.9 Å². The Morgan fingerprint density at radius 1 is 1.44 bits per heavy atom. The summed E-state index contributed by atoms with van der Waals surface area (Å²) in [5, 5.41) is 17.0. The third-order valence-electron chi connectivity index (χ3n) is 6.31. The molecule has 4 rings (SSSR count). The van der Waals surface area contributed by atoms with E-state index in [9.17, 15) is 18.4 Å². The monoisotopic (exact) mass is 505 g/mol. The van der Waals surface area contributed by atoms with Gasteiger partial charge in [-0.05, 0) is 37.3 Å². The number of aromatic nitrogens is 3. The SMILES string of the molecule is Cc1cc(COC(=O)NC(c2cnc(/C=C(\C=N)CN3CCNC3=O)[nH]2)C2CCC(F)(F)CC2)no1. The molecule has 0 aromatic carbocycles. The van der Waals surface area contributed by atoms with E-state index in [1.807, 2.05) is 0 Å². The number of halogens is 2. The molecule has 4 N–H and O–H groups in total. The smallest absolute Gasteiger partial charge is 0.408 e. The van der Waals surface area contributed by atoms with E-state index >= 15 is 0 Å². The molecule has 2 aromatic rings. The van der Waals surface area contributed by atoms with Crippen LogP contribution in [0.25, 0.3) is 6.08 Å². The van der Waals surface area contributed by atoms with E-state index in [1.165, 1.54) is 6.20 Å². The lowest BCUT2D eigenvalue weighted by Gasteiger charge is -2.33. The number of amides is 3. The van der Waals surface area contributed by atoms with Crippen LogP contribution >= 0.6 is 0 Å². The Kier molecular flexibility index (Phi) is 7.65. The number of hydrogen-bond donors (Lipinski definition) is 4. The molecular formula is C23H29F2N7O4. The number of aromatic amines is 1. The molecule has 2 fully saturated rings. The number of imidazole rings is 1. The van der Waals surface area contributed by atoms with Gasteiger partial charge in [0.2, 0.25) is 5.92 Å². The number of hydrogen-bond acceptors (Lipinski definition) is 7. The molecule has 1 aliphatic carbocycles. The van der Waals surface area contributed by atoms with E-state index in [0.29, 0.717) is 41.6 Å². The van der Waals surface area contributed by atoms with Gasteiger partial charge in [-0.3, -0.25) is 0 Å². The summed E-state index contributed by atoms with van der Waals surface area (Å²) in [5.74, 6) is -1.96. The average molecular weight is 506 g/mol. The summed E-state index contributed by atoms with van der Waals surface area (Å²) in [6, 6.07) is 0.823. The van der Waals surface area contributed by atoms with Gasteiger partial charge in [0.15, 0.2) is 0 Å². The van der Waals surface area contributed by atoms with Crippen molar-refractivity contribution in [2.75, 3.05) is 19.6 Å². The molecule has 11 nitrogen and oxygen atoms in total. The van der Waals surface area contributed by atoms with E-state index in [4.69, 9.17) is 14.7 Å². The summed E-state index contributed by atoms with van der Waals surface area (Å²) in [6.45, 7) is 2.97. The second-order valence-corrected chi connectivity index (χ2v) is 9.06. The zero-order valence-corrected chi connectivity index (χ0v) is 19.9. The Bertz CT molecular complexity index is 1120. The number of alkyl carbamates (subject to hydrolysis) is 1. The highest BCUT2D eigenvalue weighted by molar-refractivity contribution is 5.85. The predicted molar refractivity (Wildman–Crippen MR) is 125 cm³/mol. The number of urea groups is 1. The van der Waals surface area contributed by atoms with Gasteiger partial charge < -0.3 is 35.2 Å². The second kappa shape index (κ2) is 10.9. The summed E-state index contributed by atoms with van der Waals surface area (Å²) in [7, 11) is 0. The molecule has 1 saturated heterocycles. The van der Waals surface area contributed by atoms with Crippen LogP contribution in [0.1, 0.15) is 54.7 Å². The number of aryl methyl sites for hydroxylation is 1. The number of ether oxygens (including phenoxy) is 1. The Balaban J connectivity index is 1.47. The van der Waals surface area contributed by atoms with Crippen molar-refractivity contribution < 1.29 is 27.6 Å². The molecule has 0 spiro atoms. The van der Waals surface area contributed by atoms with Gasteiger partial charge in [0, 0.05) is 44.8 Å². The highest BCUT2D eigenvalue weighted by atomic mass is 19.3. The Morgan fingerprint density at radius 3 is 2.86 bits per heavy atom. The van der Waals surface area contributed by atoms with Crippen LogP contribution in [0, 0.1) is 18.3 Å². The Labute approximate surface area is 206 Å². The fraction of sp³-hybridized carbons (Fsp3) is 0.522. The fourth-order valence-electron chi connectivity index (χ4n) is 4.41. The molecule has 2 aromatic heterocycles. The van der Waals surface area contributed by atoms with E-state index in [-0.39, 0.29) is 50.8 Å². The van der Waals surface area contributed by atoms with Gasteiger partial charge in [0.1, 0.15) is 23.9 Å². The van der Waals surface area contributed by atoms with Crippen LogP contribution in [0.4, 0.5) is 18.4 Å². The summed E-state index contributed by atoms with van der Waals surface area (Å²) >= 11 is 0. The van der Waals surface area contributed by atoms with Gasteiger partial charge in [-0.1, -0.05) is 5.16 Å². The molecule has 0 bridgehead atoms. The van der Waals surface area contributed by atoms with E-state index < -0.39 is 18.1 Å². The number of H-pyrrole nitrogens is 1. The number of rotatable bonds is 9. The normalized spacial score (nSPS) is 19.1. The highest BCUT2D eigenvalue weighted by Crippen LogP contribution is 2.41. The van der Waals surface area contributed by atoms with Gasteiger partial charge in [-0.2, -0.15) is 0 Å². The molecule has 1 unspecified atom stereocenters. The minimum absolute atomic E-state index is 0.0949. The molecule has 2 aliphatic rings. The van der Waals surface area contributed by atoms with Crippen molar-refractivity contribution in [3.63, 3.8) is 0 Å². The highest BCUT2D eigenvalue weighted by Gasteiger charge is 2.39. The van der Waals surface area contributed by atoms with E-state index in [2.05, 4.69) is 25.8 Å². The molecule has 13 heteroatoms. The number of carbonyl (C=O) groups is 2. The molecule has 1 saturated carbocycles. The quantitative estimate of drug-likeness (QED) is 0.383. The first-order chi connectivity index (χ1) is 17.2. The van der Waals surface area contributed by atoms with Crippen molar-refractivity contribution in [1.82, 2.24) is 30.7 Å². The molecule has 0 radical (unpaired) electrons. The third kappa shape index (κ3) is 6.46. The Morgan fingerprint density at radius 2 is 2.22 bits per heavy atom. The topological polar surface area (TPSA) is 149 Å². The van der Waals surface area contributed by atoms with Gasteiger partial charge in [-0.15, -0.1) is 0 Å². The first-order valence-corrected chi connectivity index (χ1v) is 11.7. The van der Waals surface area contributed by atoms with Gasteiger partial charge in [0.25, 0.3) is 0 Å². The fourth-order valence-corrected chi connectivity index (χ4v) is 4.41. The third-order valence-corrected chi connectivity index (χ3v) is 6.31. The molecule has 1 atom stereocenters. The standard InChI is InChI=1S/C23H29F2N7O4/c1-14-8-17(31-36-14)13-35-22(34)30-20(16-2-4-23(24,25)5-3-16)18-11-28-19(29-18)9-15(10-26)12-32-7-6-27-21(32)33/h8-11,16,20,26H,2-7,12-13H2,1H3,(H,27,33)(H,28,29)(H,30,34)/b15-9+,26-10?. The van der Waals surface area contributed by atoms with E-state index in [0.717, 1.165) is 6.21 Å². The predicted octanol–water partition coefficient (Wildman–Crippen LogP) is 3.56. The van der Waals surface area contributed by atoms with Crippen LogP contribution < -0.4 is 10.6 Å². The zero-order valence-electron chi connectivity index (χ0n) is 19.9. The summed E-state index contributed by atoms with van der Waals surface area (Å²) in [5.41, 5.74) is 1.54. The zero-order chi connectivity index (χ0) is 25.7. The molecule has 3 amide bonds. The maximum absolute atomic E-state index is 13.8. The van der Waals surface area contributed by atoms with Gasteiger partial charge in [0.05, 0.1) is 17.9 Å². The lowest BCUT2D eigenvalue weighted by molar-refractivity contribution is -0.0497. The minimum Gasteiger partial charge on any atom is -0.443 e. The van der Waals surface area contributed by atoms with Crippen molar-refractivity contribution in [2.45, 2.75) is 51.2 Å². The number of nitrogens with one attached hydrogen (secondary N) is 4. The molecule has 1 aliphatic heterocycles. The van der Waals surface area contributed by atoms with Crippen molar-refractivity contribution in [2.24, 2.45) is 5.92 Å². The van der Waals surface area contributed by atoms with Crippen LogP contribution in [0.5, 0.6) is 0 Å². The van der Waals surface area contributed by atoms with Crippen LogP contribution in [-0.2, 0) is 11.3 Å². The first kappa shape index (κ1) is 25.3. The average Bonchev–Trinajstić information content (AvgIpc) is 3.58. The Hall–Kier alpha value is -3.77. The maximum atomic E-state index is 13.8. The minimum atomic E-state index is -2.71. The van der Waals surface area contributed by atoms with Gasteiger partial charge in [-0.25, -0.2) is 23.4 Å². The summed E-state index contributed by atoms with van der Waals surface area (Å²) < 4.78 is 37.8. The largest absolute Gasteiger partial charge is 0.443 e. The summed E-state index contributed by atoms with van der Waals surface area (Å²) in [6.07, 6.45) is 3.52. The van der Waals surface area contributed by atoms with Crippen molar-refractivity contribution >= 4 is 24.4 Å². The molecule has 3 heterocycles. The molecule has 36 heavy (non-hydrogen) atoms. The first-order valence-electron chi connectivity index (χ1n) is 11.7. The van der Waals surface area contributed by atoms with Crippen LogP contribution in [0.15, 0.2) is 22.4 Å². The second-order valence-electron chi connectivity index (χ2n) is 9.06. The maximum Gasteiger partial charge on any atom is 0.408 e. The number of carbonyl (C=O) groups excluding carboxylic acids is 2. The number of nitrogens with zero attached hydrogens (tertiary/aromatic N) is 3. The van der Waals surface area contributed by atoms with Crippen molar-refractivity contribution in [3.05, 3.63) is 40.8 Å². The number of alkyl halides is 2. The van der Waals surface area contributed by atoms with Crippen LogP contribution in [0.2, 0.25) is 0 Å². The molecule has 194 valence electrons. The van der Waals surface area contributed by atoms with Crippen LogP contribution in [0.3, 0.4) is 0 Å². The lowest BCUT2D eigenvalue weighted by Crippen LogP contribution is -2.37. The van der Waals surface area contributed by atoms with Crippen molar-refractivity contribution in [3.8, 4) is 0 Å². The summed E-state index contributed by atoms with van der Waals surface area (Å²) in [4.78, 5) is 33.4.